The Morgan fingerprint density at radius 1 is 0.850 bits per heavy atom. The Balaban J connectivity index is 4.56. The number of ether oxygens (including phenoxy) is 1. The van der Waals surface area contributed by atoms with Gasteiger partial charge in [-0.15, -0.1) is 0 Å². The molecule has 0 aliphatic rings. The van der Waals surface area contributed by atoms with Gasteiger partial charge in [-0.25, -0.2) is 0 Å². The minimum atomic E-state index is -0.643. The second-order valence-electron chi connectivity index (χ2n) is 9.29. The fourth-order valence-electron chi connectivity index (χ4n) is 3.34. The predicted octanol–water partition coefficient (Wildman–Crippen LogP) is 5.19. The van der Waals surface area contributed by atoms with E-state index in [9.17, 15) is 5.11 Å². The van der Waals surface area contributed by atoms with Crippen molar-refractivity contribution < 1.29 is 9.84 Å². The molecule has 0 radical (unpaired) electrons. The molecule has 0 aromatic carbocycles. The molecule has 0 saturated heterocycles. The minimum absolute atomic E-state index is 0.0972. The van der Waals surface area contributed by atoms with Crippen molar-refractivity contribution in [1.29, 1.82) is 0 Å². The largest absolute Gasteiger partial charge is 0.390 e. The average molecular weight is 286 g/mol. The zero-order valence-corrected chi connectivity index (χ0v) is 15.4. The third-order valence-electron chi connectivity index (χ3n) is 3.77. The van der Waals surface area contributed by atoms with Crippen LogP contribution in [0.4, 0.5) is 0 Å². The van der Waals surface area contributed by atoms with Gasteiger partial charge in [-0.2, -0.15) is 0 Å². The summed E-state index contributed by atoms with van der Waals surface area (Å²) >= 11 is 0. The highest BCUT2D eigenvalue weighted by Crippen LogP contribution is 2.41. The molecule has 0 aromatic heterocycles. The molecule has 0 aromatic rings. The lowest BCUT2D eigenvalue weighted by atomic mass is 9.70. The van der Waals surface area contributed by atoms with E-state index in [1.165, 1.54) is 6.42 Å². The van der Waals surface area contributed by atoms with Crippen molar-refractivity contribution in [3.8, 4) is 0 Å². The first-order chi connectivity index (χ1) is 8.68. The monoisotopic (exact) mass is 286 g/mol. The van der Waals surface area contributed by atoms with Crippen LogP contribution in [0.3, 0.4) is 0 Å². The molecule has 0 aliphatic carbocycles. The van der Waals surface area contributed by atoms with Crippen molar-refractivity contribution in [2.75, 3.05) is 6.61 Å². The second kappa shape index (κ2) is 6.79. The lowest BCUT2D eigenvalue weighted by Crippen LogP contribution is -2.37. The van der Waals surface area contributed by atoms with Gasteiger partial charge in [0.25, 0.3) is 0 Å². The first-order valence-electron chi connectivity index (χ1n) is 8.04. The first-order valence-corrected chi connectivity index (χ1v) is 8.04. The maximum absolute atomic E-state index is 9.79. The predicted molar refractivity (Wildman–Crippen MR) is 88.0 cm³/mol. The Hall–Kier alpha value is -0.0800. The lowest BCUT2D eigenvalue weighted by molar-refractivity contribution is -0.0828. The lowest BCUT2D eigenvalue weighted by Gasteiger charge is -2.40. The van der Waals surface area contributed by atoms with E-state index in [0.717, 1.165) is 12.8 Å². The zero-order chi connectivity index (χ0) is 16.2. The van der Waals surface area contributed by atoms with Crippen molar-refractivity contribution >= 4 is 0 Å². The number of rotatable bonds is 8. The molecule has 0 aliphatic heterocycles. The van der Waals surface area contributed by atoms with Gasteiger partial charge < -0.3 is 9.84 Å². The van der Waals surface area contributed by atoms with Gasteiger partial charge >= 0.3 is 0 Å². The van der Waals surface area contributed by atoms with E-state index < -0.39 is 5.60 Å². The Morgan fingerprint density at radius 2 is 1.35 bits per heavy atom. The summed E-state index contributed by atoms with van der Waals surface area (Å²) in [6.45, 7) is 20.3. The van der Waals surface area contributed by atoms with Gasteiger partial charge in [-0.1, -0.05) is 41.5 Å². The van der Waals surface area contributed by atoms with E-state index in [2.05, 4.69) is 48.5 Å². The molecule has 122 valence electrons. The molecule has 1 N–H and O–H groups in total. The fraction of sp³-hybridized carbons (Fsp3) is 1.00. The Kier molecular flexibility index (Phi) is 6.76. The molecule has 0 bridgehead atoms. The van der Waals surface area contributed by atoms with Gasteiger partial charge in [0, 0.05) is 0 Å². The van der Waals surface area contributed by atoms with Gasteiger partial charge in [0.05, 0.1) is 17.8 Å². The van der Waals surface area contributed by atoms with E-state index in [4.69, 9.17) is 4.74 Å². The molecule has 20 heavy (non-hydrogen) atoms. The standard InChI is InChI=1S/C18H38O2/c1-10-18(9,20-12-11-17(7,8)19)14-16(5,6)13-15(2,3)4/h19H,10-14H2,1-9H3. The van der Waals surface area contributed by atoms with Crippen LogP contribution in [0.5, 0.6) is 0 Å². The third kappa shape index (κ3) is 9.77. The highest BCUT2D eigenvalue weighted by Gasteiger charge is 2.34. The summed E-state index contributed by atoms with van der Waals surface area (Å²) in [5, 5.41) is 9.79. The van der Waals surface area contributed by atoms with Crippen LogP contribution in [0.15, 0.2) is 0 Å². The van der Waals surface area contributed by atoms with Crippen molar-refractivity contribution in [3.05, 3.63) is 0 Å². The van der Waals surface area contributed by atoms with Gasteiger partial charge in [0.15, 0.2) is 0 Å². The van der Waals surface area contributed by atoms with Crippen LogP contribution in [-0.4, -0.2) is 22.9 Å². The van der Waals surface area contributed by atoms with E-state index in [-0.39, 0.29) is 11.0 Å². The fourth-order valence-corrected chi connectivity index (χ4v) is 3.34. The van der Waals surface area contributed by atoms with Crippen LogP contribution in [0, 0.1) is 10.8 Å². The second-order valence-corrected chi connectivity index (χ2v) is 9.29. The smallest absolute Gasteiger partial charge is 0.0657 e. The van der Waals surface area contributed by atoms with Crippen LogP contribution in [0.2, 0.25) is 0 Å². The van der Waals surface area contributed by atoms with Gasteiger partial charge in [-0.05, 0) is 57.3 Å². The highest BCUT2D eigenvalue weighted by molar-refractivity contribution is 4.86. The zero-order valence-electron chi connectivity index (χ0n) is 15.4. The summed E-state index contributed by atoms with van der Waals surface area (Å²) in [5.41, 5.74) is -0.140. The average Bonchev–Trinajstić information content (AvgIpc) is 2.10. The first kappa shape index (κ1) is 19.9. The summed E-state index contributed by atoms with van der Waals surface area (Å²) in [4.78, 5) is 0. The molecule has 0 amide bonds. The Labute approximate surface area is 127 Å². The molecule has 0 spiro atoms. The molecule has 0 rings (SSSR count). The summed E-state index contributed by atoms with van der Waals surface area (Å²) in [5.74, 6) is 0. The normalized spacial score (nSPS) is 17.1. The van der Waals surface area contributed by atoms with Crippen LogP contribution in [0.1, 0.15) is 88.0 Å². The number of aliphatic hydroxyl groups is 1. The maximum Gasteiger partial charge on any atom is 0.0657 e. The molecule has 2 heteroatoms. The SMILES string of the molecule is CCC(C)(CC(C)(C)CC(C)(C)C)OCCC(C)(C)O. The Morgan fingerprint density at radius 3 is 1.70 bits per heavy atom. The molecule has 1 atom stereocenters. The molecule has 0 fully saturated rings. The summed E-state index contributed by atoms with van der Waals surface area (Å²) in [6.07, 6.45) is 3.93. The van der Waals surface area contributed by atoms with Crippen molar-refractivity contribution in [1.82, 2.24) is 0 Å². The summed E-state index contributed by atoms with van der Waals surface area (Å²) in [7, 11) is 0. The molecule has 2 nitrogen and oxygen atoms in total. The number of hydrogen-bond acceptors (Lipinski definition) is 2. The highest BCUT2D eigenvalue weighted by atomic mass is 16.5. The van der Waals surface area contributed by atoms with E-state index >= 15 is 0 Å². The minimum Gasteiger partial charge on any atom is -0.390 e. The quantitative estimate of drug-likeness (QED) is 0.665. The van der Waals surface area contributed by atoms with Crippen LogP contribution >= 0.6 is 0 Å². The van der Waals surface area contributed by atoms with E-state index in [1.54, 1.807) is 0 Å². The van der Waals surface area contributed by atoms with Crippen molar-refractivity contribution in [2.24, 2.45) is 10.8 Å². The van der Waals surface area contributed by atoms with Crippen LogP contribution < -0.4 is 0 Å². The van der Waals surface area contributed by atoms with Crippen molar-refractivity contribution in [3.63, 3.8) is 0 Å². The molecule has 0 heterocycles. The summed E-state index contributed by atoms with van der Waals surface area (Å²) in [6, 6.07) is 0. The van der Waals surface area contributed by atoms with Crippen LogP contribution in [-0.2, 0) is 4.74 Å². The molecular weight excluding hydrogens is 248 g/mol. The van der Waals surface area contributed by atoms with Gasteiger partial charge in [0.1, 0.15) is 0 Å². The molecule has 0 saturated carbocycles. The van der Waals surface area contributed by atoms with Gasteiger partial charge in [0.2, 0.25) is 0 Å². The summed E-state index contributed by atoms with van der Waals surface area (Å²) < 4.78 is 6.15. The van der Waals surface area contributed by atoms with Crippen LogP contribution in [0.25, 0.3) is 0 Å². The maximum atomic E-state index is 9.79. The van der Waals surface area contributed by atoms with E-state index in [0.29, 0.717) is 18.4 Å². The topological polar surface area (TPSA) is 29.5 Å². The number of hydrogen-bond donors (Lipinski definition) is 1. The third-order valence-corrected chi connectivity index (χ3v) is 3.77. The van der Waals surface area contributed by atoms with Gasteiger partial charge in [-0.3, -0.25) is 0 Å². The molecular formula is C18H38O2. The Bertz CT molecular complexity index is 281. The van der Waals surface area contributed by atoms with Crippen molar-refractivity contribution in [2.45, 2.75) is 99.2 Å². The van der Waals surface area contributed by atoms with E-state index in [1.807, 2.05) is 13.8 Å². The molecule has 1 unspecified atom stereocenters.